The van der Waals surface area contributed by atoms with Gasteiger partial charge in [-0.25, -0.2) is 9.67 Å². The second kappa shape index (κ2) is 7.40. The third-order valence-corrected chi connectivity index (χ3v) is 3.39. The third kappa shape index (κ3) is 3.97. The summed E-state index contributed by atoms with van der Waals surface area (Å²) in [7, 11) is 0. The van der Waals surface area contributed by atoms with Crippen molar-refractivity contribution in [3.05, 3.63) is 66.5 Å². The van der Waals surface area contributed by atoms with Crippen LogP contribution in [0.25, 0.3) is 11.4 Å². The SMILES string of the molecule is N#Cc1ccc(OCC(O)Cn2cnc(-c3ccccc3)n2)cc1. The predicted molar refractivity (Wildman–Crippen MR) is 88.1 cm³/mol. The van der Waals surface area contributed by atoms with E-state index in [-0.39, 0.29) is 13.2 Å². The first-order valence-electron chi connectivity index (χ1n) is 7.50. The molecule has 0 aliphatic rings. The predicted octanol–water partition coefficient (Wildman–Crippen LogP) is 2.26. The van der Waals surface area contributed by atoms with Gasteiger partial charge in [-0.05, 0) is 24.3 Å². The zero-order chi connectivity index (χ0) is 16.8. The number of benzene rings is 2. The van der Waals surface area contributed by atoms with Gasteiger partial charge in [-0.1, -0.05) is 30.3 Å². The highest BCUT2D eigenvalue weighted by atomic mass is 16.5. The molecule has 0 aliphatic carbocycles. The molecule has 1 heterocycles. The standard InChI is InChI=1S/C18H16N4O2/c19-10-14-6-8-17(9-7-14)24-12-16(23)11-22-13-20-18(21-22)15-4-2-1-3-5-15/h1-9,13,16,23H,11-12H2. The molecule has 0 saturated heterocycles. The first kappa shape index (κ1) is 15.7. The van der Waals surface area contributed by atoms with Crippen molar-refractivity contribution in [3.8, 4) is 23.2 Å². The van der Waals surface area contributed by atoms with Crippen molar-refractivity contribution in [2.75, 3.05) is 6.61 Å². The third-order valence-electron chi connectivity index (χ3n) is 3.39. The van der Waals surface area contributed by atoms with Gasteiger partial charge in [0, 0.05) is 5.56 Å². The maximum atomic E-state index is 10.1. The van der Waals surface area contributed by atoms with E-state index in [9.17, 15) is 5.11 Å². The van der Waals surface area contributed by atoms with Crippen LogP contribution >= 0.6 is 0 Å². The topological polar surface area (TPSA) is 84.0 Å². The van der Waals surface area contributed by atoms with Crippen LogP contribution in [0.3, 0.4) is 0 Å². The Bertz CT molecular complexity index is 822. The van der Waals surface area contributed by atoms with Gasteiger partial charge in [-0.2, -0.15) is 10.4 Å². The summed E-state index contributed by atoms with van der Waals surface area (Å²) < 4.78 is 7.10. The number of aliphatic hydroxyl groups excluding tert-OH is 1. The van der Waals surface area contributed by atoms with E-state index < -0.39 is 6.10 Å². The first-order valence-corrected chi connectivity index (χ1v) is 7.50. The van der Waals surface area contributed by atoms with Gasteiger partial charge in [0.05, 0.1) is 18.2 Å². The molecule has 120 valence electrons. The van der Waals surface area contributed by atoms with Crippen LogP contribution in [0, 0.1) is 11.3 Å². The highest BCUT2D eigenvalue weighted by Gasteiger charge is 2.09. The number of ether oxygens (including phenoxy) is 1. The van der Waals surface area contributed by atoms with E-state index in [2.05, 4.69) is 10.1 Å². The lowest BCUT2D eigenvalue weighted by Crippen LogP contribution is -2.23. The highest BCUT2D eigenvalue weighted by Crippen LogP contribution is 2.14. The molecular weight excluding hydrogens is 304 g/mol. The van der Waals surface area contributed by atoms with Crippen molar-refractivity contribution in [3.63, 3.8) is 0 Å². The van der Waals surface area contributed by atoms with E-state index in [4.69, 9.17) is 10.00 Å². The van der Waals surface area contributed by atoms with E-state index in [1.165, 1.54) is 0 Å². The molecule has 0 spiro atoms. The Hall–Kier alpha value is -3.17. The number of nitriles is 1. The summed E-state index contributed by atoms with van der Waals surface area (Å²) in [6, 6.07) is 18.5. The molecule has 0 aliphatic heterocycles. The fraction of sp³-hybridized carbons (Fsp3) is 0.167. The lowest BCUT2D eigenvalue weighted by atomic mass is 10.2. The van der Waals surface area contributed by atoms with Gasteiger partial charge in [0.15, 0.2) is 5.82 Å². The van der Waals surface area contributed by atoms with Crippen LogP contribution in [0.1, 0.15) is 5.56 Å². The van der Waals surface area contributed by atoms with Crippen LogP contribution in [0.2, 0.25) is 0 Å². The Morgan fingerprint density at radius 3 is 2.58 bits per heavy atom. The van der Waals surface area contributed by atoms with Crippen molar-refractivity contribution < 1.29 is 9.84 Å². The van der Waals surface area contributed by atoms with Crippen LogP contribution in [0.5, 0.6) is 5.75 Å². The molecule has 3 aromatic rings. The van der Waals surface area contributed by atoms with Gasteiger partial charge < -0.3 is 9.84 Å². The van der Waals surface area contributed by atoms with Crippen molar-refractivity contribution in [2.45, 2.75) is 12.6 Å². The van der Waals surface area contributed by atoms with Gasteiger partial charge >= 0.3 is 0 Å². The van der Waals surface area contributed by atoms with Crippen LogP contribution < -0.4 is 4.74 Å². The number of nitrogens with zero attached hydrogens (tertiary/aromatic N) is 4. The Morgan fingerprint density at radius 1 is 1.12 bits per heavy atom. The molecule has 1 unspecified atom stereocenters. The summed E-state index contributed by atoms with van der Waals surface area (Å²) in [5, 5.41) is 23.2. The quantitative estimate of drug-likeness (QED) is 0.753. The van der Waals surface area contributed by atoms with Crippen molar-refractivity contribution in [1.82, 2.24) is 14.8 Å². The zero-order valence-corrected chi connectivity index (χ0v) is 12.9. The largest absolute Gasteiger partial charge is 0.491 e. The second-order valence-corrected chi connectivity index (χ2v) is 5.26. The van der Waals surface area contributed by atoms with Crippen molar-refractivity contribution in [2.24, 2.45) is 0 Å². The Kier molecular flexibility index (Phi) is 4.84. The number of hydrogen-bond donors (Lipinski definition) is 1. The first-order chi connectivity index (χ1) is 11.7. The monoisotopic (exact) mass is 320 g/mol. The van der Waals surface area contributed by atoms with Crippen LogP contribution in [-0.2, 0) is 6.54 Å². The number of rotatable bonds is 6. The summed E-state index contributed by atoms with van der Waals surface area (Å²) in [6.45, 7) is 0.419. The maximum Gasteiger partial charge on any atom is 0.181 e. The Labute approximate surface area is 139 Å². The Balaban J connectivity index is 1.54. The lowest BCUT2D eigenvalue weighted by molar-refractivity contribution is 0.0893. The van der Waals surface area contributed by atoms with Gasteiger partial charge in [0.2, 0.25) is 0 Å². The molecule has 1 aromatic heterocycles. The molecule has 6 heteroatoms. The minimum Gasteiger partial charge on any atom is -0.491 e. The molecule has 0 amide bonds. The molecule has 1 N–H and O–H groups in total. The molecule has 6 nitrogen and oxygen atoms in total. The zero-order valence-electron chi connectivity index (χ0n) is 12.9. The van der Waals surface area contributed by atoms with E-state index in [0.717, 1.165) is 5.56 Å². The summed E-state index contributed by atoms with van der Waals surface area (Å²) in [5.74, 6) is 1.23. The van der Waals surface area contributed by atoms with E-state index in [1.54, 1.807) is 35.3 Å². The normalized spacial score (nSPS) is 11.7. The van der Waals surface area contributed by atoms with E-state index in [0.29, 0.717) is 17.1 Å². The van der Waals surface area contributed by atoms with Crippen LogP contribution in [0.4, 0.5) is 0 Å². The molecule has 1 atom stereocenters. The molecule has 0 fully saturated rings. The molecule has 0 saturated carbocycles. The fourth-order valence-electron chi connectivity index (χ4n) is 2.19. The van der Waals surface area contributed by atoms with Gasteiger partial charge in [0.25, 0.3) is 0 Å². The average molecular weight is 320 g/mol. The average Bonchev–Trinajstić information content (AvgIpc) is 3.09. The van der Waals surface area contributed by atoms with Crippen molar-refractivity contribution in [1.29, 1.82) is 5.26 Å². The van der Waals surface area contributed by atoms with E-state index in [1.807, 2.05) is 36.4 Å². The number of aromatic nitrogens is 3. The van der Waals surface area contributed by atoms with Crippen LogP contribution in [0.15, 0.2) is 60.9 Å². The molecular formula is C18H16N4O2. The molecule has 3 rings (SSSR count). The number of hydrogen-bond acceptors (Lipinski definition) is 5. The van der Waals surface area contributed by atoms with Gasteiger partial charge in [-0.15, -0.1) is 0 Å². The summed E-state index contributed by atoms with van der Waals surface area (Å²) in [4.78, 5) is 4.25. The minimum atomic E-state index is -0.717. The highest BCUT2D eigenvalue weighted by molar-refractivity contribution is 5.53. The van der Waals surface area contributed by atoms with Gasteiger partial charge in [-0.3, -0.25) is 0 Å². The minimum absolute atomic E-state index is 0.131. The molecule has 24 heavy (non-hydrogen) atoms. The van der Waals surface area contributed by atoms with Crippen molar-refractivity contribution >= 4 is 0 Å². The fourth-order valence-corrected chi connectivity index (χ4v) is 2.19. The summed E-state index contributed by atoms with van der Waals surface area (Å²) in [6.07, 6.45) is 0.874. The smallest absolute Gasteiger partial charge is 0.181 e. The second-order valence-electron chi connectivity index (χ2n) is 5.26. The summed E-state index contributed by atoms with van der Waals surface area (Å²) >= 11 is 0. The van der Waals surface area contributed by atoms with Gasteiger partial charge in [0.1, 0.15) is 24.8 Å². The molecule has 2 aromatic carbocycles. The van der Waals surface area contributed by atoms with Crippen LogP contribution in [-0.4, -0.2) is 32.6 Å². The lowest BCUT2D eigenvalue weighted by Gasteiger charge is -2.12. The molecule has 0 bridgehead atoms. The number of aliphatic hydroxyl groups is 1. The summed E-state index contributed by atoms with van der Waals surface area (Å²) in [5.41, 5.74) is 1.50. The maximum absolute atomic E-state index is 10.1. The Morgan fingerprint density at radius 2 is 1.88 bits per heavy atom. The molecule has 0 radical (unpaired) electrons. The van der Waals surface area contributed by atoms with E-state index >= 15 is 0 Å².